The highest BCUT2D eigenvalue weighted by molar-refractivity contribution is 9.10. The molecule has 2 N–H and O–H groups in total. The molecular formula is C10H12BrClO3. The molecule has 0 aromatic heterocycles. The van der Waals surface area contributed by atoms with E-state index < -0.39 is 6.10 Å². The van der Waals surface area contributed by atoms with E-state index >= 15 is 0 Å². The number of ether oxygens (including phenoxy) is 1. The summed E-state index contributed by atoms with van der Waals surface area (Å²) in [4.78, 5) is 0. The first kappa shape index (κ1) is 12.6. The smallest absolute Gasteiger partial charge is 0.161 e. The van der Waals surface area contributed by atoms with Crippen LogP contribution in [0, 0.1) is 0 Å². The second-order valence-electron chi connectivity index (χ2n) is 3.17. The Morgan fingerprint density at radius 2 is 2.20 bits per heavy atom. The number of hydrogen-bond donors (Lipinski definition) is 2. The Balaban J connectivity index is 2.58. The summed E-state index contributed by atoms with van der Waals surface area (Å²) in [6.07, 6.45) is -0.755. The van der Waals surface area contributed by atoms with Gasteiger partial charge in [0, 0.05) is 4.47 Å². The Morgan fingerprint density at radius 1 is 1.53 bits per heavy atom. The second-order valence-corrected chi connectivity index (χ2v) is 4.77. The van der Waals surface area contributed by atoms with E-state index in [1.54, 1.807) is 19.1 Å². The van der Waals surface area contributed by atoms with Crippen LogP contribution in [0.15, 0.2) is 22.7 Å². The lowest BCUT2D eigenvalue weighted by Gasteiger charge is -2.14. The molecule has 0 aliphatic rings. The highest BCUT2D eigenvalue weighted by Crippen LogP contribution is 2.29. The summed E-state index contributed by atoms with van der Waals surface area (Å²) < 4.78 is 5.97. The van der Waals surface area contributed by atoms with Gasteiger partial charge in [-0.15, -0.1) is 11.6 Å². The lowest BCUT2D eigenvalue weighted by atomic mass is 10.3. The molecule has 0 aliphatic carbocycles. The van der Waals surface area contributed by atoms with Crippen molar-refractivity contribution >= 4 is 27.5 Å². The topological polar surface area (TPSA) is 49.7 Å². The van der Waals surface area contributed by atoms with Crippen LogP contribution in [0.4, 0.5) is 0 Å². The Morgan fingerprint density at radius 3 is 2.73 bits per heavy atom. The van der Waals surface area contributed by atoms with Crippen molar-refractivity contribution < 1.29 is 14.9 Å². The Bertz CT molecular complexity index is 330. The molecule has 0 saturated carbocycles. The van der Waals surface area contributed by atoms with Crippen molar-refractivity contribution in [2.24, 2.45) is 0 Å². The number of aliphatic hydroxyl groups is 1. The highest BCUT2D eigenvalue weighted by atomic mass is 79.9. The third kappa shape index (κ3) is 3.89. The summed E-state index contributed by atoms with van der Waals surface area (Å²) >= 11 is 8.87. The summed E-state index contributed by atoms with van der Waals surface area (Å²) in [5.41, 5.74) is 0. The van der Waals surface area contributed by atoms with E-state index in [-0.39, 0.29) is 17.7 Å². The van der Waals surface area contributed by atoms with Gasteiger partial charge in [0.1, 0.15) is 12.7 Å². The fourth-order valence-electron chi connectivity index (χ4n) is 0.920. The number of aromatic hydroxyl groups is 1. The molecule has 2 atom stereocenters. The van der Waals surface area contributed by atoms with Gasteiger partial charge in [-0.05, 0) is 25.1 Å². The van der Waals surface area contributed by atoms with E-state index in [4.69, 9.17) is 16.3 Å². The van der Waals surface area contributed by atoms with Gasteiger partial charge in [0.15, 0.2) is 11.5 Å². The zero-order chi connectivity index (χ0) is 11.4. The lowest BCUT2D eigenvalue weighted by Crippen LogP contribution is -2.25. The van der Waals surface area contributed by atoms with Gasteiger partial charge in [0.2, 0.25) is 0 Å². The van der Waals surface area contributed by atoms with Crippen LogP contribution in [0.3, 0.4) is 0 Å². The standard InChI is InChI=1S/C10H12BrClO3/c1-6(12)9(14)5-15-10-3-2-7(11)4-8(10)13/h2-4,6,9,13-14H,5H2,1H3/t6?,9-/m0/s1. The van der Waals surface area contributed by atoms with E-state index in [2.05, 4.69) is 15.9 Å². The fraction of sp³-hybridized carbons (Fsp3) is 0.400. The number of aliphatic hydroxyl groups excluding tert-OH is 1. The number of alkyl halides is 1. The van der Waals surface area contributed by atoms with Crippen molar-refractivity contribution in [2.75, 3.05) is 6.61 Å². The number of phenols is 1. The molecule has 5 heteroatoms. The van der Waals surface area contributed by atoms with Crippen molar-refractivity contribution in [1.82, 2.24) is 0 Å². The van der Waals surface area contributed by atoms with Crippen LogP contribution < -0.4 is 4.74 Å². The minimum absolute atomic E-state index is 0.0267. The predicted molar refractivity (Wildman–Crippen MR) is 62.6 cm³/mol. The molecule has 0 bridgehead atoms. The number of benzene rings is 1. The molecule has 1 aromatic carbocycles. The van der Waals surface area contributed by atoms with Crippen molar-refractivity contribution in [2.45, 2.75) is 18.4 Å². The van der Waals surface area contributed by atoms with Crippen molar-refractivity contribution in [3.63, 3.8) is 0 Å². The molecule has 0 radical (unpaired) electrons. The van der Waals surface area contributed by atoms with Crippen LogP contribution in [0.5, 0.6) is 11.5 Å². The summed E-state index contributed by atoms with van der Waals surface area (Å²) in [5, 5.41) is 18.5. The number of halogens is 2. The van der Waals surface area contributed by atoms with Gasteiger partial charge in [-0.1, -0.05) is 15.9 Å². The van der Waals surface area contributed by atoms with Gasteiger partial charge < -0.3 is 14.9 Å². The monoisotopic (exact) mass is 294 g/mol. The van der Waals surface area contributed by atoms with Crippen molar-refractivity contribution in [3.8, 4) is 11.5 Å². The third-order valence-electron chi connectivity index (χ3n) is 1.86. The van der Waals surface area contributed by atoms with Gasteiger partial charge in [-0.25, -0.2) is 0 Å². The minimum atomic E-state index is -0.755. The molecular weight excluding hydrogens is 283 g/mol. The average Bonchev–Trinajstić information content (AvgIpc) is 2.15. The maximum atomic E-state index is 9.47. The summed E-state index contributed by atoms with van der Waals surface area (Å²) in [5.74, 6) is 0.355. The predicted octanol–water partition coefficient (Wildman–Crippen LogP) is 2.52. The molecule has 0 fully saturated rings. The molecule has 1 aromatic rings. The first-order valence-corrected chi connectivity index (χ1v) is 5.67. The Hall–Kier alpha value is -0.450. The quantitative estimate of drug-likeness (QED) is 0.839. The molecule has 84 valence electrons. The Kier molecular flexibility index (Phi) is 4.70. The maximum Gasteiger partial charge on any atom is 0.161 e. The molecule has 0 heterocycles. The van der Waals surface area contributed by atoms with Crippen LogP contribution in [-0.2, 0) is 0 Å². The molecule has 1 unspecified atom stereocenters. The second kappa shape index (κ2) is 5.58. The van der Waals surface area contributed by atoms with Crippen LogP contribution in [0.2, 0.25) is 0 Å². The zero-order valence-corrected chi connectivity index (χ0v) is 10.5. The van der Waals surface area contributed by atoms with Gasteiger partial charge in [-0.2, -0.15) is 0 Å². The van der Waals surface area contributed by atoms with E-state index in [1.807, 2.05) is 0 Å². The molecule has 0 saturated heterocycles. The third-order valence-corrected chi connectivity index (χ3v) is 2.64. The molecule has 0 amide bonds. The van der Waals surface area contributed by atoms with Gasteiger partial charge in [0.25, 0.3) is 0 Å². The number of rotatable bonds is 4. The van der Waals surface area contributed by atoms with E-state index in [0.717, 1.165) is 4.47 Å². The highest BCUT2D eigenvalue weighted by Gasteiger charge is 2.12. The first-order valence-electron chi connectivity index (χ1n) is 4.44. The lowest BCUT2D eigenvalue weighted by molar-refractivity contribution is 0.105. The summed E-state index contributed by atoms with van der Waals surface area (Å²) in [6, 6.07) is 4.88. The molecule has 1 rings (SSSR count). The van der Waals surface area contributed by atoms with Crippen molar-refractivity contribution in [3.05, 3.63) is 22.7 Å². The Labute approximate surface area is 102 Å². The van der Waals surface area contributed by atoms with Gasteiger partial charge in [-0.3, -0.25) is 0 Å². The minimum Gasteiger partial charge on any atom is -0.504 e. The normalized spacial score (nSPS) is 14.7. The molecule has 0 aliphatic heterocycles. The average molecular weight is 296 g/mol. The number of phenolic OH excluding ortho intramolecular Hbond substituents is 1. The largest absolute Gasteiger partial charge is 0.504 e. The molecule has 0 spiro atoms. The van der Waals surface area contributed by atoms with Gasteiger partial charge >= 0.3 is 0 Å². The summed E-state index contributed by atoms with van der Waals surface area (Å²) in [7, 11) is 0. The van der Waals surface area contributed by atoms with E-state index in [9.17, 15) is 10.2 Å². The SMILES string of the molecule is CC(Cl)[C@@H](O)COc1ccc(Br)cc1O. The fourth-order valence-corrected chi connectivity index (χ4v) is 1.34. The molecule has 15 heavy (non-hydrogen) atoms. The van der Waals surface area contributed by atoms with Crippen LogP contribution in [0.1, 0.15) is 6.92 Å². The van der Waals surface area contributed by atoms with E-state index in [1.165, 1.54) is 6.07 Å². The molecule has 3 nitrogen and oxygen atoms in total. The van der Waals surface area contributed by atoms with Crippen LogP contribution in [-0.4, -0.2) is 28.3 Å². The van der Waals surface area contributed by atoms with Crippen molar-refractivity contribution in [1.29, 1.82) is 0 Å². The van der Waals surface area contributed by atoms with Crippen LogP contribution in [0.25, 0.3) is 0 Å². The van der Waals surface area contributed by atoms with Gasteiger partial charge in [0.05, 0.1) is 5.38 Å². The zero-order valence-electron chi connectivity index (χ0n) is 8.15. The maximum absolute atomic E-state index is 9.47. The van der Waals surface area contributed by atoms with E-state index in [0.29, 0.717) is 5.75 Å². The summed E-state index contributed by atoms with van der Waals surface area (Å²) in [6.45, 7) is 1.73. The first-order chi connectivity index (χ1) is 7.00. The number of hydrogen-bond acceptors (Lipinski definition) is 3. The van der Waals surface area contributed by atoms with Crippen LogP contribution >= 0.6 is 27.5 Å².